The highest BCUT2D eigenvalue weighted by Gasteiger charge is 2.20. The van der Waals surface area contributed by atoms with E-state index in [4.69, 9.17) is 16.3 Å². The van der Waals surface area contributed by atoms with Crippen molar-refractivity contribution < 1.29 is 9.53 Å². The molecule has 0 saturated heterocycles. The zero-order chi connectivity index (χ0) is 22.5. The summed E-state index contributed by atoms with van der Waals surface area (Å²) in [6.07, 6.45) is 0. The normalized spacial score (nSPS) is 10.7. The molecule has 0 aliphatic heterocycles. The van der Waals surface area contributed by atoms with Crippen LogP contribution in [0.2, 0.25) is 5.02 Å². The Morgan fingerprint density at radius 2 is 1.75 bits per heavy atom. The standard InChI is InChI=1S/C24H21ClN4O2S/c1-16-11-13-17(14-12-16)23-27-28-24(29(23)20-9-5-6-10-21(20)31-2)32-15-22(30)26-19-8-4-3-7-18(19)25/h3-14H,15H2,1-2H3,(H,26,30). The molecule has 0 saturated carbocycles. The molecule has 162 valence electrons. The van der Waals surface area contributed by atoms with E-state index in [0.29, 0.717) is 27.4 Å². The highest BCUT2D eigenvalue weighted by Crippen LogP contribution is 2.32. The summed E-state index contributed by atoms with van der Waals surface area (Å²) in [7, 11) is 1.62. The molecule has 0 unspecified atom stereocenters. The number of thioether (sulfide) groups is 1. The quantitative estimate of drug-likeness (QED) is 0.359. The van der Waals surface area contributed by atoms with Gasteiger partial charge in [-0.2, -0.15) is 0 Å². The van der Waals surface area contributed by atoms with Gasteiger partial charge in [0.05, 0.1) is 29.3 Å². The summed E-state index contributed by atoms with van der Waals surface area (Å²) < 4.78 is 7.49. The van der Waals surface area contributed by atoms with Gasteiger partial charge in [-0.15, -0.1) is 10.2 Å². The lowest BCUT2D eigenvalue weighted by Gasteiger charge is -2.14. The maximum atomic E-state index is 12.6. The number of nitrogens with zero attached hydrogens (tertiary/aromatic N) is 3. The van der Waals surface area contributed by atoms with Crippen LogP contribution in [0.5, 0.6) is 5.75 Å². The maximum Gasteiger partial charge on any atom is 0.234 e. The fraction of sp³-hybridized carbons (Fsp3) is 0.125. The summed E-state index contributed by atoms with van der Waals surface area (Å²) >= 11 is 7.44. The van der Waals surface area contributed by atoms with Gasteiger partial charge in [0, 0.05) is 5.56 Å². The van der Waals surface area contributed by atoms with Crippen LogP contribution in [0.25, 0.3) is 17.1 Å². The first kappa shape index (κ1) is 21.9. The van der Waals surface area contributed by atoms with Gasteiger partial charge in [-0.1, -0.05) is 77.5 Å². The van der Waals surface area contributed by atoms with Crippen molar-refractivity contribution in [2.24, 2.45) is 0 Å². The topological polar surface area (TPSA) is 69.0 Å². The number of para-hydroxylation sites is 3. The van der Waals surface area contributed by atoms with Crippen LogP contribution in [-0.2, 0) is 4.79 Å². The molecule has 1 heterocycles. The van der Waals surface area contributed by atoms with Crippen LogP contribution in [0.3, 0.4) is 0 Å². The maximum absolute atomic E-state index is 12.6. The zero-order valence-electron chi connectivity index (χ0n) is 17.6. The van der Waals surface area contributed by atoms with Crippen molar-refractivity contribution in [3.63, 3.8) is 0 Å². The number of anilines is 1. The Bertz CT molecular complexity index is 1240. The van der Waals surface area contributed by atoms with E-state index in [-0.39, 0.29) is 11.7 Å². The van der Waals surface area contributed by atoms with Gasteiger partial charge in [-0.05, 0) is 31.2 Å². The molecule has 1 amide bonds. The smallest absolute Gasteiger partial charge is 0.234 e. The highest BCUT2D eigenvalue weighted by molar-refractivity contribution is 7.99. The molecule has 1 N–H and O–H groups in total. The van der Waals surface area contributed by atoms with Crippen LogP contribution in [0, 0.1) is 6.92 Å². The molecule has 1 aromatic heterocycles. The fourth-order valence-corrected chi connectivity index (χ4v) is 4.09. The third kappa shape index (κ3) is 4.79. The Balaban J connectivity index is 1.65. The van der Waals surface area contributed by atoms with Crippen LogP contribution in [0.1, 0.15) is 5.56 Å². The molecular formula is C24H21ClN4O2S. The molecule has 0 atom stereocenters. The largest absolute Gasteiger partial charge is 0.495 e. The Kier molecular flexibility index (Phi) is 6.78. The Hall–Kier alpha value is -3.29. The summed E-state index contributed by atoms with van der Waals surface area (Å²) in [5, 5.41) is 12.7. The van der Waals surface area contributed by atoms with Gasteiger partial charge < -0.3 is 10.1 Å². The Morgan fingerprint density at radius 1 is 1.03 bits per heavy atom. The molecule has 0 spiro atoms. The minimum absolute atomic E-state index is 0.145. The predicted molar refractivity (Wildman–Crippen MR) is 129 cm³/mol. The monoisotopic (exact) mass is 464 g/mol. The number of methoxy groups -OCH3 is 1. The molecule has 0 bridgehead atoms. The van der Waals surface area contributed by atoms with Crippen molar-refractivity contribution in [3.05, 3.63) is 83.4 Å². The average molecular weight is 465 g/mol. The number of carbonyl (C=O) groups excluding carboxylic acids is 1. The first-order valence-corrected chi connectivity index (χ1v) is 11.3. The van der Waals surface area contributed by atoms with Gasteiger partial charge in [0.25, 0.3) is 0 Å². The second-order valence-electron chi connectivity index (χ2n) is 7.00. The van der Waals surface area contributed by atoms with Crippen molar-refractivity contribution in [3.8, 4) is 22.8 Å². The fourth-order valence-electron chi connectivity index (χ4n) is 3.16. The minimum Gasteiger partial charge on any atom is -0.495 e. The Labute approximate surface area is 195 Å². The van der Waals surface area contributed by atoms with E-state index in [1.807, 2.05) is 72.2 Å². The van der Waals surface area contributed by atoms with E-state index in [9.17, 15) is 4.79 Å². The number of nitrogens with one attached hydrogen (secondary N) is 1. The van der Waals surface area contributed by atoms with Gasteiger partial charge in [0.2, 0.25) is 5.91 Å². The van der Waals surface area contributed by atoms with Gasteiger partial charge in [0.1, 0.15) is 5.75 Å². The second-order valence-corrected chi connectivity index (χ2v) is 8.35. The first-order valence-electron chi connectivity index (χ1n) is 9.90. The lowest BCUT2D eigenvalue weighted by molar-refractivity contribution is -0.113. The molecular weight excluding hydrogens is 444 g/mol. The van der Waals surface area contributed by atoms with Gasteiger partial charge in [0.15, 0.2) is 11.0 Å². The minimum atomic E-state index is -0.186. The van der Waals surface area contributed by atoms with Gasteiger partial charge >= 0.3 is 0 Å². The van der Waals surface area contributed by atoms with Crippen LogP contribution in [0.15, 0.2) is 78.0 Å². The first-order chi connectivity index (χ1) is 15.6. The van der Waals surface area contributed by atoms with Crippen LogP contribution in [0.4, 0.5) is 5.69 Å². The third-order valence-electron chi connectivity index (χ3n) is 4.75. The van der Waals surface area contributed by atoms with Crippen LogP contribution in [-0.4, -0.2) is 33.5 Å². The molecule has 0 aliphatic carbocycles. The number of aromatic nitrogens is 3. The van der Waals surface area contributed by atoms with E-state index in [0.717, 1.165) is 16.8 Å². The summed E-state index contributed by atoms with van der Waals surface area (Å²) in [4.78, 5) is 12.6. The summed E-state index contributed by atoms with van der Waals surface area (Å²) in [5.74, 6) is 1.31. The molecule has 8 heteroatoms. The summed E-state index contributed by atoms with van der Waals surface area (Å²) in [5.41, 5.74) is 3.44. The number of aryl methyl sites for hydroxylation is 1. The lowest BCUT2D eigenvalue weighted by atomic mass is 10.1. The predicted octanol–water partition coefficient (Wildman–Crippen LogP) is 5.64. The van der Waals surface area contributed by atoms with Crippen molar-refractivity contribution in [1.29, 1.82) is 0 Å². The number of benzene rings is 3. The number of hydrogen-bond acceptors (Lipinski definition) is 5. The molecule has 3 aromatic carbocycles. The number of ether oxygens (including phenoxy) is 1. The van der Waals surface area contributed by atoms with E-state index in [1.165, 1.54) is 11.8 Å². The SMILES string of the molecule is COc1ccccc1-n1c(SCC(=O)Nc2ccccc2Cl)nnc1-c1ccc(C)cc1. The molecule has 0 fully saturated rings. The zero-order valence-corrected chi connectivity index (χ0v) is 19.2. The highest BCUT2D eigenvalue weighted by atomic mass is 35.5. The average Bonchev–Trinajstić information content (AvgIpc) is 3.23. The van der Waals surface area contributed by atoms with Crippen molar-refractivity contribution in [2.45, 2.75) is 12.1 Å². The summed E-state index contributed by atoms with van der Waals surface area (Å²) in [6.45, 7) is 2.04. The molecule has 4 rings (SSSR count). The number of amides is 1. The van der Waals surface area contributed by atoms with Crippen molar-refractivity contribution in [1.82, 2.24) is 14.8 Å². The van der Waals surface area contributed by atoms with Gasteiger partial charge in [-0.3, -0.25) is 9.36 Å². The van der Waals surface area contributed by atoms with Crippen molar-refractivity contribution in [2.75, 3.05) is 18.2 Å². The molecule has 6 nitrogen and oxygen atoms in total. The summed E-state index contributed by atoms with van der Waals surface area (Å²) in [6, 6.07) is 22.8. The van der Waals surface area contributed by atoms with E-state index in [1.54, 1.807) is 19.2 Å². The molecule has 0 aliphatic rings. The van der Waals surface area contributed by atoms with Crippen molar-refractivity contribution >= 4 is 35.0 Å². The van der Waals surface area contributed by atoms with Crippen LogP contribution < -0.4 is 10.1 Å². The van der Waals surface area contributed by atoms with E-state index in [2.05, 4.69) is 15.5 Å². The second kappa shape index (κ2) is 9.89. The van der Waals surface area contributed by atoms with E-state index < -0.39 is 0 Å². The van der Waals surface area contributed by atoms with Gasteiger partial charge in [-0.25, -0.2) is 0 Å². The molecule has 0 radical (unpaired) electrons. The lowest BCUT2D eigenvalue weighted by Crippen LogP contribution is -2.15. The molecule has 32 heavy (non-hydrogen) atoms. The van der Waals surface area contributed by atoms with E-state index >= 15 is 0 Å². The number of hydrogen-bond donors (Lipinski definition) is 1. The third-order valence-corrected chi connectivity index (χ3v) is 6.01. The number of rotatable bonds is 7. The Morgan fingerprint density at radius 3 is 2.50 bits per heavy atom. The van der Waals surface area contributed by atoms with Crippen LogP contribution >= 0.6 is 23.4 Å². The number of carbonyl (C=O) groups is 1. The number of halogens is 1. The molecule has 4 aromatic rings.